The topological polar surface area (TPSA) is 64.9 Å². The van der Waals surface area contributed by atoms with E-state index in [2.05, 4.69) is 10.2 Å². The van der Waals surface area contributed by atoms with Crippen molar-refractivity contribution in [2.75, 3.05) is 0 Å². The zero-order chi connectivity index (χ0) is 11.5. The predicted molar refractivity (Wildman–Crippen MR) is 56.4 cm³/mol. The minimum absolute atomic E-state index is 0.165. The summed E-state index contributed by atoms with van der Waals surface area (Å²) in [5, 5.41) is 7.77. The average molecular weight is 242 g/mol. The fraction of sp³-hybridized carbons (Fsp3) is 0.200. The molecule has 0 saturated carbocycles. The van der Waals surface area contributed by atoms with Crippen molar-refractivity contribution in [3.05, 3.63) is 46.4 Å². The summed E-state index contributed by atoms with van der Waals surface area (Å²) in [5.74, 6) is 0.231. The first-order valence-corrected chi connectivity index (χ1v) is 5.02. The van der Waals surface area contributed by atoms with Gasteiger partial charge in [-0.1, -0.05) is 17.7 Å². The van der Waals surface area contributed by atoms with E-state index in [0.717, 1.165) is 0 Å². The standard InChI is InChI=1S/C10H9ClFN3O/c11-7-2-1-3-8(12)6(7)4-9-14-15-10(5-13)16-9/h1-3H,4-5,13H2. The maximum Gasteiger partial charge on any atom is 0.230 e. The Labute approximate surface area is 96.2 Å². The Morgan fingerprint density at radius 3 is 2.69 bits per heavy atom. The normalized spacial score (nSPS) is 10.7. The van der Waals surface area contributed by atoms with Crippen molar-refractivity contribution in [3.63, 3.8) is 0 Å². The molecule has 0 radical (unpaired) electrons. The van der Waals surface area contributed by atoms with E-state index >= 15 is 0 Å². The first-order chi connectivity index (χ1) is 7.70. The van der Waals surface area contributed by atoms with Gasteiger partial charge < -0.3 is 10.2 Å². The van der Waals surface area contributed by atoms with Gasteiger partial charge in [0.05, 0.1) is 13.0 Å². The van der Waals surface area contributed by atoms with Crippen LogP contribution in [-0.2, 0) is 13.0 Å². The van der Waals surface area contributed by atoms with Crippen molar-refractivity contribution in [2.24, 2.45) is 5.73 Å². The lowest BCUT2D eigenvalue weighted by atomic mass is 10.1. The Morgan fingerprint density at radius 2 is 2.06 bits per heavy atom. The third-order valence-corrected chi connectivity index (χ3v) is 2.43. The SMILES string of the molecule is NCc1nnc(Cc2c(F)cccc2Cl)o1. The van der Waals surface area contributed by atoms with E-state index in [0.29, 0.717) is 22.4 Å². The molecule has 1 heterocycles. The highest BCUT2D eigenvalue weighted by atomic mass is 35.5. The molecule has 1 aromatic carbocycles. The predicted octanol–water partition coefficient (Wildman–Crippen LogP) is 1.91. The Balaban J connectivity index is 2.26. The molecule has 0 aliphatic rings. The summed E-state index contributed by atoms with van der Waals surface area (Å²) in [7, 11) is 0. The van der Waals surface area contributed by atoms with Crippen molar-refractivity contribution in [2.45, 2.75) is 13.0 Å². The van der Waals surface area contributed by atoms with Gasteiger partial charge in [0.15, 0.2) is 0 Å². The van der Waals surface area contributed by atoms with E-state index in [1.807, 2.05) is 0 Å². The van der Waals surface area contributed by atoms with Gasteiger partial charge >= 0.3 is 0 Å². The van der Waals surface area contributed by atoms with Crippen molar-refractivity contribution in [1.29, 1.82) is 0 Å². The smallest absolute Gasteiger partial charge is 0.230 e. The van der Waals surface area contributed by atoms with E-state index in [-0.39, 0.29) is 18.8 Å². The second-order valence-corrected chi connectivity index (χ2v) is 3.58. The highest BCUT2D eigenvalue weighted by molar-refractivity contribution is 6.31. The molecule has 0 fully saturated rings. The third kappa shape index (κ3) is 2.20. The number of nitrogens with two attached hydrogens (primary N) is 1. The third-order valence-electron chi connectivity index (χ3n) is 2.07. The molecule has 0 aliphatic heterocycles. The number of hydrogen-bond donors (Lipinski definition) is 1. The van der Waals surface area contributed by atoms with Crippen LogP contribution in [0.5, 0.6) is 0 Å². The number of benzene rings is 1. The molecule has 84 valence electrons. The van der Waals surface area contributed by atoms with Gasteiger partial charge in [0.25, 0.3) is 0 Å². The molecular weight excluding hydrogens is 233 g/mol. The van der Waals surface area contributed by atoms with Gasteiger partial charge in [0.1, 0.15) is 5.82 Å². The molecule has 2 aromatic rings. The van der Waals surface area contributed by atoms with Crippen LogP contribution < -0.4 is 5.73 Å². The largest absolute Gasteiger partial charge is 0.424 e. The minimum Gasteiger partial charge on any atom is -0.424 e. The molecule has 2 N–H and O–H groups in total. The van der Waals surface area contributed by atoms with Gasteiger partial charge in [-0.15, -0.1) is 10.2 Å². The van der Waals surface area contributed by atoms with Gasteiger partial charge in [-0.25, -0.2) is 4.39 Å². The maximum atomic E-state index is 13.4. The summed E-state index contributed by atoms with van der Waals surface area (Å²) in [6.07, 6.45) is 0.165. The van der Waals surface area contributed by atoms with E-state index in [1.54, 1.807) is 12.1 Å². The summed E-state index contributed by atoms with van der Waals surface area (Å²) in [6, 6.07) is 4.49. The van der Waals surface area contributed by atoms with Crippen molar-refractivity contribution >= 4 is 11.6 Å². The highest BCUT2D eigenvalue weighted by Crippen LogP contribution is 2.21. The van der Waals surface area contributed by atoms with Crippen LogP contribution in [0, 0.1) is 5.82 Å². The zero-order valence-electron chi connectivity index (χ0n) is 8.28. The Morgan fingerprint density at radius 1 is 1.31 bits per heavy atom. The summed E-state index contributed by atoms with van der Waals surface area (Å²) in [4.78, 5) is 0. The van der Waals surface area contributed by atoms with Crippen LogP contribution in [0.15, 0.2) is 22.6 Å². The summed E-state index contributed by atoms with van der Waals surface area (Å²) in [5.41, 5.74) is 5.66. The molecule has 0 bridgehead atoms. The molecule has 2 rings (SSSR count). The molecule has 16 heavy (non-hydrogen) atoms. The minimum atomic E-state index is -0.389. The number of nitrogens with zero attached hydrogens (tertiary/aromatic N) is 2. The molecule has 6 heteroatoms. The summed E-state index contributed by atoms with van der Waals surface area (Å²) >= 11 is 5.87. The van der Waals surface area contributed by atoms with E-state index in [4.69, 9.17) is 21.8 Å². The van der Waals surface area contributed by atoms with Gasteiger partial charge in [-0.3, -0.25) is 0 Å². The van der Waals surface area contributed by atoms with Gasteiger partial charge in [0, 0.05) is 10.6 Å². The number of aromatic nitrogens is 2. The van der Waals surface area contributed by atoms with Crippen molar-refractivity contribution in [1.82, 2.24) is 10.2 Å². The lowest BCUT2D eigenvalue weighted by Crippen LogP contribution is -1.95. The van der Waals surface area contributed by atoms with Crippen LogP contribution in [0.1, 0.15) is 17.3 Å². The molecule has 1 aromatic heterocycles. The van der Waals surface area contributed by atoms with Gasteiger partial charge in [-0.05, 0) is 12.1 Å². The lowest BCUT2D eigenvalue weighted by Gasteiger charge is -2.01. The average Bonchev–Trinajstić information content (AvgIpc) is 2.71. The van der Waals surface area contributed by atoms with Crippen molar-refractivity contribution < 1.29 is 8.81 Å². The van der Waals surface area contributed by atoms with Crippen LogP contribution in [0.2, 0.25) is 5.02 Å². The molecule has 0 saturated heterocycles. The maximum absolute atomic E-state index is 13.4. The fourth-order valence-corrected chi connectivity index (χ4v) is 1.52. The molecule has 0 spiro atoms. The van der Waals surface area contributed by atoms with Crippen LogP contribution in [0.4, 0.5) is 4.39 Å². The molecule has 4 nitrogen and oxygen atoms in total. The second-order valence-electron chi connectivity index (χ2n) is 3.17. The quantitative estimate of drug-likeness (QED) is 0.892. The highest BCUT2D eigenvalue weighted by Gasteiger charge is 2.12. The van der Waals surface area contributed by atoms with Crippen molar-refractivity contribution in [3.8, 4) is 0 Å². The van der Waals surface area contributed by atoms with E-state index in [9.17, 15) is 4.39 Å². The van der Waals surface area contributed by atoms with Crippen LogP contribution in [0.25, 0.3) is 0 Å². The Hall–Kier alpha value is -1.46. The lowest BCUT2D eigenvalue weighted by molar-refractivity contribution is 0.456. The Kier molecular flexibility index (Phi) is 3.17. The fourth-order valence-electron chi connectivity index (χ4n) is 1.29. The molecule has 0 atom stereocenters. The second kappa shape index (κ2) is 4.59. The van der Waals surface area contributed by atoms with E-state index < -0.39 is 0 Å². The van der Waals surface area contributed by atoms with Gasteiger partial charge in [-0.2, -0.15) is 0 Å². The number of hydrogen-bond acceptors (Lipinski definition) is 4. The molecule has 0 aliphatic carbocycles. The summed E-state index contributed by atoms with van der Waals surface area (Å²) in [6.45, 7) is 0.165. The van der Waals surface area contributed by atoms with Crippen LogP contribution in [0.3, 0.4) is 0 Å². The number of rotatable bonds is 3. The van der Waals surface area contributed by atoms with Crippen LogP contribution in [-0.4, -0.2) is 10.2 Å². The van der Waals surface area contributed by atoms with Gasteiger partial charge in [0.2, 0.25) is 11.8 Å². The zero-order valence-corrected chi connectivity index (χ0v) is 9.04. The van der Waals surface area contributed by atoms with Crippen LogP contribution >= 0.6 is 11.6 Å². The first kappa shape index (κ1) is 11.0. The monoisotopic (exact) mass is 241 g/mol. The molecular formula is C10H9ClFN3O. The Bertz CT molecular complexity index is 480. The summed E-state index contributed by atoms with van der Waals surface area (Å²) < 4.78 is 18.6. The molecule has 0 unspecified atom stereocenters. The van der Waals surface area contributed by atoms with E-state index in [1.165, 1.54) is 6.07 Å². The molecule has 0 amide bonds. The number of halogens is 2. The first-order valence-electron chi connectivity index (χ1n) is 4.65.